The zero-order valence-corrected chi connectivity index (χ0v) is 13.8. The smallest absolute Gasteiger partial charge is 0.343 e. The number of amides is 1. The van der Waals surface area contributed by atoms with Gasteiger partial charge >= 0.3 is 5.97 Å². The van der Waals surface area contributed by atoms with Gasteiger partial charge in [0.1, 0.15) is 11.4 Å². The van der Waals surface area contributed by atoms with E-state index in [-0.39, 0.29) is 22.9 Å². The van der Waals surface area contributed by atoms with Crippen LogP contribution >= 0.6 is 11.6 Å². The summed E-state index contributed by atoms with van der Waals surface area (Å²) in [6.07, 6.45) is 0.286. The summed E-state index contributed by atoms with van der Waals surface area (Å²) in [5.74, 6) is -2.75. The third kappa shape index (κ3) is 4.42. The number of carbonyl (C=O) groups excluding carboxylic acids is 2. The zero-order chi connectivity index (χ0) is 17.3. The molecule has 126 valence electrons. The van der Waals surface area contributed by atoms with E-state index in [1.807, 2.05) is 0 Å². The summed E-state index contributed by atoms with van der Waals surface area (Å²) in [6, 6.07) is 3.71. The topological polar surface area (TPSA) is 89.5 Å². The number of benzene rings is 1. The Bertz CT molecular complexity index is 731. The van der Waals surface area contributed by atoms with Gasteiger partial charge in [-0.3, -0.25) is 4.79 Å². The van der Waals surface area contributed by atoms with E-state index >= 15 is 0 Å². The van der Waals surface area contributed by atoms with Gasteiger partial charge in [0.2, 0.25) is 0 Å². The molecule has 1 saturated heterocycles. The van der Waals surface area contributed by atoms with Gasteiger partial charge in [-0.15, -0.1) is 0 Å². The molecule has 1 fully saturated rings. The summed E-state index contributed by atoms with van der Waals surface area (Å²) in [5, 5.41) is 2.40. The standard InChI is InChI=1S/C14H15ClFNO5S/c1-14(5-6-23(20,21)8-14)17-11(18)7-22-13(19)12-9(15)3-2-4-10(12)16/h2-4H,5-8H2,1H3,(H,17,18)/t14-/m0/s1. The summed E-state index contributed by atoms with van der Waals surface area (Å²) in [4.78, 5) is 23.6. The van der Waals surface area contributed by atoms with Crippen LogP contribution in [-0.2, 0) is 19.4 Å². The molecule has 0 spiro atoms. The molecule has 0 saturated carbocycles. The van der Waals surface area contributed by atoms with Crippen molar-refractivity contribution in [3.8, 4) is 0 Å². The van der Waals surface area contributed by atoms with Gasteiger partial charge in [0.15, 0.2) is 16.4 Å². The van der Waals surface area contributed by atoms with Crippen LogP contribution in [0.3, 0.4) is 0 Å². The van der Waals surface area contributed by atoms with Crippen LogP contribution in [0, 0.1) is 5.82 Å². The van der Waals surface area contributed by atoms with Crippen LogP contribution in [-0.4, -0.2) is 43.9 Å². The third-order valence-corrected chi connectivity index (χ3v) is 5.66. The second kappa shape index (κ2) is 6.45. The molecule has 6 nitrogen and oxygen atoms in total. The van der Waals surface area contributed by atoms with Crippen molar-refractivity contribution in [1.29, 1.82) is 0 Å². The number of hydrogen-bond acceptors (Lipinski definition) is 5. The van der Waals surface area contributed by atoms with Gasteiger partial charge in [0.25, 0.3) is 5.91 Å². The van der Waals surface area contributed by atoms with Crippen molar-refractivity contribution in [2.45, 2.75) is 18.9 Å². The highest BCUT2D eigenvalue weighted by Crippen LogP contribution is 2.23. The van der Waals surface area contributed by atoms with Crippen molar-refractivity contribution in [3.63, 3.8) is 0 Å². The highest BCUT2D eigenvalue weighted by Gasteiger charge is 2.39. The molecule has 0 aromatic heterocycles. The Morgan fingerprint density at radius 3 is 2.70 bits per heavy atom. The molecule has 1 aromatic carbocycles. The predicted molar refractivity (Wildman–Crippen MR) is 81.5 cm³/mol. The van der Waals surface area contributed by atoms with Crippen molar-refractivity contribution < 1.29 is 27.1 Å². The SMILES string of the molecule is C[C@]1(NC(=O)COC(=O)c2c(F)cccc2Cl)CCS(=O)(=O)C1. The Kier molecular flexibility index (Phi) is 4.95. The van der Waals surface area contributed by atoms with Crippen LogP contribution in [0.4, 0.5) is 4.39 Å². The van der Waals surface area contributed by atoms with Crippen molar-refractivity contribution in [3.05, 3.63) is 34.6 Å². The van der Waals surface area contributed by atoms with E-state index in [1.165, 1.54) is 12.1 Å². The normalized spacial score (nSPS) is 22.6. The number of halogens is 2. The van der Waals surface area contributed by atoms with Crippen LogP contribution in [0.5, 0.6) is 0 Å². The maximum Gasteiger partial charge on any atom is 0.343 e. The summed E-state index contributed by atoms with van der Waals surface area (Å²) in [5.41, 5.74) is -1.34. The number of ether oxygens (including phenoxy) is 1. The van der Waals surface area contributed by atoms with Crippen LogP contribution < -0.4 is 5.32 Å². The van der Waals surface area contributed by atoms with Gasteiger partial charge in [-0.2, -0.15) is 0 Å². The number of sulfone groups is 1. The lowest BCUT2D eigenvalue weighted by atomic mass is 10.0. The average molecular weight is 364 g/mol. The summed E-state index contributed by atoms with van der Waals surface area (Å²) in [6.45, 7) is 0.949. The Balaban J connectivity index is 1.94. The predicted octanol–water partition coefficient (Wildman–Crippen LogP) is 1.33. The Morgan fingerprint density at radius 1 is 1.43 bits per heavy atom. The first kappa shape index (κ1) is 17.7. The first-order chi connectivity index (χ1) is 10.6. The molecular weight excluding hydrogens is 349 g/mol. The Labute approximate surface area is 137 Å². The fourth-order valence-corrected chi connectivity index (χ4v) is 4.71. The van der Waals surface area contributed by atoms with Crippen LogP contribution in [0.1, 0.15) is 23.7 Å². The summed E-state index contributed by atoms with van der Waals surface area (Å²) >= 11 is 5.72. The lowest BCUT2D eigenvalue weighted by Crippen LogP contribution is -2.48. The van der Waals surface area contributed by atoms with E-state index in [9.17, 15) is 22.4 Å². The van der Waals surface area contributed by atoms with E-state index in [1.54, 1.807) is 6.92 Å². The fraction of sp³-hybridized carbons (Fsp3) is 0.429. The molecule has 1 amide bonds. The van der Waals surface area contributed by atoms with Crippen LogP contribution in [0.2, 0.25) is 5.02 Å². The minimum absolute atomic E-state index is 0.00555. The molecule has 0 bridgehead atoms. The molecule has 9 heteroatoms. The average Bonchev–Trinajstić information content (AvgIpc) is 2.70. The second-order valence-electron chi connectivity index (χ2n) is 5.62. The van der Waals surface area contributed by atoms with Crippen LogP contribution in [0.25, 0.3) is 0 Å². The lowest BCUT2D eigenvalue weighted by Gasteiger charge is -2.23. The maximum atomic E-state index is 13.5. The van der Waals surface area contributed by atoms with E-state index in [2.05, 4.69) is 5.32 Å². The van der Waals surface area contributed by atoms with Gasteiger partial charge < -0.3 is 10.1 Å². The quantitative estimate of drug-likeness (QED) is 0.815. The number of carbonyl (C=O) groups is 2. The first-order valence-electron chi connectivity index (χ1n) is 6.74. The van der Waals surface area contributed by atoms with Crippen molar-refractivity contribution in [2.24, 2.45) is 0 Å². The highest BCUT2D eigenvalue weighted by atomic mass is 35.5. The molecule has 1 aromatic rings. The molecule has 2 rings (SSSR count). The van der Waals surface area contributed by atoms with E-state index < -0.39 is 45.2 Å². The minimum Gasteiger partial charge on any atom is -0.452 e. The number of esters is 1. The van der Waals surface area contributed by atoms with E-state index in [4.69, 9.17) is 16.3 Å². The summed E-state index contributed by atoms with van der Waals surface area (Å²) < 4.78 is 41.2. The number of hydrogen-bond donors (Lipinski definition) is 1. The first-order valence-corrected chi connectivity index (χ1v) is 8.94. The monoisotopic (exact) mass is 363 g/mol. The lowest BCUT2D eigenvalue weighted by molar-refractivity contribution is -0.125. The molecule has 0 unspecified atom stereocenters. The molecule has 23 heavy (non-hydrogen) atoms. The van der Waals surface area contributed by atoms with E-state index in [0.717, 1.165) is 6.07 Å². The van der Waals surface area contributed by atoms with Gasteiger partial charge in [0.05, 0.1) is 22.1 Å². The molecular formula is C14H15ClFNO5S. The molecule has 1 N–H and O–H groups in total. The number of rotatable bonds is 4. The Hall–Kier alpha value is -1.67. The molecule has 0 radical (unpaired) electrons. The fourth-order valence-electron chi connectivity index (χ4n) is 2.38. The number of nitrogens with one attached hydrogen (secondary N) is 1. The highest BCUT2D eigenvalue weighted by molar-refractivity contribution is 7.91. The molecule has 1 heterocycles. The van der Waals surface area contributed by atoms with Gasteiger partial charge in [-0.1, -0.05) is 17.7 Å². The summed E-state index contributed by atoms with van der Waals surface area (Å²) in [7, 11) is -3.17. The Morgan fingerprint density at radius 2 is 2.13 bits per heavy atom. The molecule has 0 aliphatic carbocycles. The molecule has 1 atom stereocenters. The maximum absolute atomic E-state index is 13.5. The second-order valence-corrected chi connectivity index (χ2v) is 8.21. The van der Waals surface area contributed by atoms with Crippen molar-refractivity contribution in [1.82, 2.24) is 5.32 Å². The van der Waals surface area contributed by atoms with Gasteiger partial charge in [-0.25, -0.2) is 17.6 Å². The van der Waals surface area contributed by atoms with Crippen LogP contribution in [0.15, 0.2) is 18.2 Å². The minimum atomic E-state index is -3.17. The van der Waals surface area contributed by atoms with Gasteiger partial charge in [0, 0.05) is 0 Å². The molecule has 1 aliphatic rings. The van der Waals surface area contributed by atoms with Crippen molar-refractivity contribution >= 4 is 33.3 Å². The third-order valence-electron chi connectivity index (χ3n) is 3.45. The van der Waals surface area contributed by atoms with Crippen molar-refractivity contribution in [2.75, 3.05) is 18.1 Å². The zero-order valence-electron chi connectivity index (χ0n) is 12.3. The largest absolute Gasteiger partial charge is 0.452 e. The molecule has 1 aliphatic heterocycles. The van der Waals surface area contributed by atoms with Gasteiger partial charge in [-0.05, 0) is 25.5 Å². The van der Waals surface area contributed by atoms with E-state index in [0.29, 0.717) is 0 Å².